The third kappa shape index (κ3) is 7.60. The largest absolute Gasteiger partial charge is 2.00 e. The standard InChI is InChI=1S/C62H56N4O.Pt/c1-37-20-23-48-50(30-37)51-31-38(2)21-24-49(51)59-57(48)64-60(66(59)58-40(4)28-39(3)29-41(58)5)44-32-43(42-16-12-11-13-17-42)33-47(34-44)67-46-22-25-53-55(36-46)65(54-19-15-14-18-52(54)62(53,9)10)56-35-45(26-27-63-56)61(6,7)8;/h11-33,35,57,59H,1-10H3;/q-2;+2/t57-,59+;/m1./s1. The molecule has 3 aliphatic rings. The number of ether oxygens (including phenoxy) is 1. The van der Waals surface area contributed by atoms with Gasteiger partial charge in [0, 0.05) is 29.1 Å². The number of hydrogen-bond donors (Lipinski definition) is 0. The fourth-order valence-corrected chi connectivity index (χ4v) is 11.0. The summed E-state index contributed by atoms with van der Waals surface area (Å²) in [4.78, 5) is 15.6. The molecule has 2 atom stereocenters. The molecule has 8 aromatic rings. The third-order valence-electron chi connectivity index (χ3n) is 14.2. The van der Waals surface area contributed by atoms with Crippen molar-refractivity contribution in [2.45, 2.75) is 92.2 Å². The van der Waals surface area contributed by atoms with Crippen LogP contribution >= 0.6 is 0 Å². The van der Waals surface area contributed by atoms with E-state index in [2.05, 4.69) is 231 Å². The number of aromatic nitrogens is 1. The second-order valence-corrected chi connectivity index (χ2v) is 20.5. The van der Waals surface area contributed by atoms with E-state index < -0.39 is 0 Å². The summed E-state index contributed by atoms with van der Waals surface area (Å²) >= 11 is 0. The molecular weight excluding hydrogens is 1010 g/mol. The Balaban J connectivity index is 0.00000539. The SMILES string of the molecule is Cc1cc(C)c(N2C(c3[c-]c(Oc4[c-]c5c(cc4)C(C)(C)c4ccccc4N5c4cc(C(C)(C)C)ccn4)cc(-c4ccccc4)c3)=N[C@@H]3c4ccc(C)cc4-c4cc(C)ccc4[C@@H]32)c(C)c1.[Pt+2]. The van der Waals surface area contributed by atoms with E-state index in [-0.39, 0.29) is 44.0 Å². The topological polar surface area (TPSA) is 41.0 Å². The molecule has 2 aliphatic heterocycles. The molecule has 1 aliphatic carbocycles. The van der Waals surface area contributed by atoms with Gasteiger partial charge in [0.05, 0.1) is 17.9 Å². The molecule has 0 unspecified atom stereocenters. The van der Waals surface area contributed by atoms with E-state index in [9.17, 15) is 0 Å². The molecule has 11 rings (SSSR count). The maximum Gasteiger partial charge on any atom is 2.00 e. The van der Waals surface area contributed by atoms with Crippen LogP contribution in [0.25, 0.3) is 22.3 Å². The van der Waals surface area contributed by atoms with Gasteiger partial charge in [0.25, 0.3) is 0 Å². The summed E-state index contributed by atoms with van der Waals surface area (Å²) in [5.41, 5.74) is 20.6. The van der Waals surface area contributed by atoms with Crippen LogP contribution in [-0.4, -0.2) is 10.8 Å². The second-order valence-electron chi connectivity index (χ2n) is 20.5. The molecule has 0 fully saturated rings. The Kier molecular flexibility index (Phi) is 11.2. The first-order chi connectivity index (χ1) is 32.1. The van der Waals surface area contributed by atoms with E-state index in [1.807, 2.05) is 6.20 Å². The van der Waals surface area contributed by atoms with Gasteiger partial charge in [-0.25, -0.2) is 4.98 Å². The number of amidine groups is 1. The summed E-state index contributed by atoms with van der Waals surface area (Å²) in [6.07, 6.45) is 1.92. The summed E-state index contributed by atoms with van der Waals surface area (Å²) in [5.74, 6) is 2.90. The molecule has 1 aromatic heterocycles. The van der Waals surface area contributed by atoms with E-state index >= 15 is 0 Å². The van der Waals surface area contributed by atoms with Crippen molar-refractivity contribution in [1.82, 2.24) is 4.98 Å². The molecule has 6 heteroatoms. The molecule has 0 amide bonds. The van der Waals surface area contributed by atoms with E-state index in [1.165, 1.54) is 66.9 Å². The minimum Gasteiger partial charge on any atom is -0.503 e. The number of aryl methyl sites for hydroxylation is 5. The van der Waals surface area contributed by atoms with Crippen LogP contribution in [-0.2, 0) is 31.9 Å². The number of benzene rings is 7. The van der Waals surface area contributed by atoms with Crippen molar-refractivity contribution in [1.29, 1.82) is 0 Å². The second kappa shape index (κ2) is 16.9. The van der Waals surface area contributed by atoms with Crippen molar-refractivity contribution in [3.05, 3.63) is 219 Å². The fraction of sp³-hybridized carbons (Fsp3) is 0.226. The van der Waals surface area contributed by atoms with Gasteiger partial charge in [-0.3, -0.25) is 0 Å². The summed E-state index contributed by atoms with van der Waals surface area (Å²) in [7, 11) is 0. The Morgan fingerprint density at radius 3 is 2.01 bits per heavy atom. The van der Waals surface area contributed by atoms with Crippen molar-refractivity contribution in [3.8, 4) is 33.8 Å². The number of rotatable bonds is 6. The maximum atomic E-state index is 7.06. The summed E-state index contributed by atoms with van der Waals surface area (Å²) < 4.78 is 7.06. The Hall–Kier alpha value is -6.55. The zero-order valence-corrected chi connectivity index (χ0v) is 42.8. The molecule has 0 saturated carbocycles. The van der Waals surface area contributed by atoms with Crippen molar-refractivity contribution < 1.29 is 25.8 Å². The Morgan fingerprint density at radius 1 is 0.618 bits per heavy atom. The Morgan fingerprint density at radius 2 is 1.29 bits per heavy atom. The zero-order valence-electron chi connectivity index (χ0n) is 40.5. The number of pyridine rings is 1. The number of anilines is 4. The molecule has 68 heavy (non-hydrogen) atoms. The molecular formula is C62H56N4OPt. The predicted molar refractivity (Wildman–Crippen MR) is 276 cm³/mol. The minimum absolute atomic E-state index is 0. The molecule has 0 N–H and O–H groups in total. The number of para-hydroxylation sites is 1. The number of aliphatic imine (C=N–C) groups is 1. The Bertz CT molecular complexity index is 3300. The normalized spacial score (nSPS) is 16.4. The first-order valence-corrected chi connectivity index (χ1v) is 23.5. The van der Waals surface area contributed by atoms with Crippen LogP contribution in [0.5, 0.6) is 11.5 Å². The molecule has 5 nitrogen and oxygen atoms in total. The van der Waals surface area contributed by atoms with Crippen LogP contribution in [0, 0.1) is 46.8 Å². The molecule has 0 bridgehead atoms. The summed E-state index contributed by atoms with van der Waals surface area (Å²) in [6, 6.07) is 57.9. The molecule has 0 radical (unpaired) electrons. The van der Waals surface area contributed by atoms with E-state index in [4.69, 9.17) is 14.7 Å². The summed E-state index contributed by atoms with van der Waals surface area (Å²) in [5, 5.41) is 0. The average molecular weight is 1070 g/mol. The van der Waals surface area contributed by atoms with Crippen LogP contribution in [0.2, 0.25) is 0 Å². The first-order valence-electron chi connectivity index (χ1n) is 23.5. The third-order valence-corrected chi connectivity index (χ3v) is 14.2. The van der Waals surface area contributed by atoms with Crippen LogP contribution in [0.15, 0.2) is 151 Å². The number of fused-ring (bicyclic) bond motifs is 8. The minimum atomic E-state index is -0.298. The van der Waals surface area contributed by atoms with Gasteiger partial charge in [0.2, 0.25) is 0 Å². The van der Waals surface area contributed by atoms with Gasteiger partial charge in [0.1, 0.15) is 5.82 Å². The fourth-order valence-electron chi connectivity index (χ4n) is 11.0. The number of hydrogen-bond acceptors (Lipinski definition) is 5. The van der Waals surface area contributed by atoms with E-state index in [1.54, 1.807) is 0 Å². The molecule has 3 heterocycles. The average Bonchev–Trinajstić information content (AvgIpc) is 3.69. The first kappa shape index (κ1) is 45.2. The smallest absolute Gasteiger partial charge is 0.503 e. The van der Waals surface area contributed by atoms with Gasteiger partial charge < -0.3 is 19.5 Å². The number of nitrogens with zero attached hydrogens (tertiary/aromatic N) is 4. The Labute approximate surface area is 416 Å². The van der Waals surface area contributed by atoms with Crippen LogP contribution < -0.4 is 14.5 Å². The van der Waals surface area contributed by atoms with Gasteiger partial charge in [-0.15, -0.1) is 29.3 Å². The molecule has 0 spiro atoms. The molecule has 7 aromatic carbocycles. The van der Waals surface area contributed by atoms with Gasteiger partial charge in [-0.1, -0.05) is 172 Å². The van der Waals surface area contributed by atoms with Crippen LogP contribution in [0.3, 0.4) is 0 Å². The zero-order chi connectivity index (χ0) is 46.5. The monoisotopic (exact) mass is 1070 g/mol. The summed E-state index contributed by atoms with van der Waals surface area (Å²) in [6.45, 7) is 22.3. The van der Waals surface area contributed by atoms with Crippen LogP contribution in [0.1, 0.15) is 108 Å². The maximum absolute atomic E-state index is 7.06. The van der Waals surface area contributed by atoms with E-state index in [0.29, 0.717) is 11.5 Å². The van der Waals surface area contributed by atoms with Crippen molar-refractivity contribution in [2.24, 2.45) is 4.99 Å². The quantitative estimate of drug-likeness (QED) is 0.156. The van der Waals surface area contributed by atoms with Crippen molar-refractivity contribution in [2.75, 3.05) is 9.80 Å². The van der Waals surface area contributed by atoms with Gasteiger partial charge in [-0.05, 0) is 114 Å². The van der Waals surface area contributed by atoms with Gasteiger partial charge in [0.15, 0.2) is 0 Å². The van der Waals surface area contributed by atoms with Crippen LogP contribution in [0.4, 0.5) is 22.9 Å². The molecule has 0 saturated heterocycles. The van der Waals surface area contributed by atoms with Crippen molar-refractivity contribution in [3.63, 3.8) is 0 Å². The predicted octanol–water partition coefficient (Wildman–Crippen LogP) is 15.8. The van der Waals surface area contributed by atoms with Crippen molar-refractivity contribution >= 4 is 28.7 Å². The van der Waals surface area contributed by atoms with Gasteiger partial charge in [-0.2, -0.15) is 6.07 Å². The van der Waals surface area contributed by atoms with Gasteiger partial charge >= 0.3 is 21.1 Å². The molecule has 340 valence electrons. The van der Waals surface area contributed by atoms with E-state index in [0.717, 1.165) is 45.3 Å².